The van der Waals surface area contributed by atoms with E-state index in [4.69, 9.17) is 11.6 Å². The van der Waals surface area contributed by atoms with E-state index in [0.717, 1.165) is 0 Å². The van der Waals surface area contributed by atoms with Gasteiger partial charge in [0.25, 0.3) is 0 Å². The fourth-order valence-electron chi connectivity index (χ4n) is 0.905. The van der Waals surface area contributed by atoms with Gasteiger partial charge in [-0.15, -0.1) is 0 Å². The topological polar surface area (TPSA) is 26.3 Å². The van der Waals surface area contributed by atoms with Crippen LogP contribution >= 0.6 is 11.6 Å². The summed E-state index contributed by atoms with van der Waals surface area (Å²) in [6, 6.07) is 4.14. The van der Waals surface area contributed by atoms with Gasteiger partial charge in [0.1, 0.15) is 11.9 Å². The number of halogens is 2. The van der Waals surface area contributed by atoms with Crippen molar-refractivity contribution in [2.45, 2.75) is 13.0 Å². The van der Waals surface area contributed by atoms with Crippen LogP contribution in [0.25, 0.3) is 0 Å². The van der Waals surface area contributed by atoms with Crippen molar-refractivity contribution in [3.05, 3.63) is 34.6 Å². The van der Waals surface area contributed by atoms with Crippen molar-refractivity contribution in [1.82, 2.24) is 0 Å². The smallest absolute Gasteiger partial charge is 0.418 e. The van der Waals surface area contributed by atoms with E-state index in [0.29, 0.717) is 5.56 Å². The number of ether oxygens (including phenoxy) is 1. The van der Waals surface area contributed by atoms with E-state index >= 15 is 0 Å². The molecule has 1 aromatic rings. The molecule has 1 atom stereocenters. The lowest BCUT2D eigenvalue weighted by Crippen LogP contribution is -1.98. The second-order valence-corrected chi connectivity index (χ2v) is 2.92. The summed E-state index contributed by atoms with van der Waals surface area (Å²) in [7, 11) is 0. The molecule has 4 heteroatoms. The van der Waals surface area contributed by atoms with Gasteiger partial charge in [0.2, 0.25) is 0 Å². The lowest BCUT2D eigenvalue weighted by atomic mass is 10.1. The van der Waals surface area contributed by atoms with Gasteiger partial charge in [-0.2, -0.15) is 0 Å². The van der Waals surface area contributed by atoms with E-state index in [9.17, 15) is 9.18 Å². The maximum absolute atomic E-state index is 12.7. The number of hydrogen-bond donors (Lipinski definition) is 0. The normalized spacial score (nSPS) is 12.2. The van der Waals surface area contributed by atoms with Crippen LogP contribution in [-0.4, -0.2) is 6.47 Å². The molecule has 0 aliphatic rings. The Hall–Kier alpha value is -1.09. The highest BCUT2D eigenvalue weighted by atomic mass is 35.5. The van der Waals surface area contributed by atoms with Crippen molar-refractivity contribution in [3.8, 4) is 0 Å². The summed E-state index contributed by atoms with van der Waals surface area (Å²) in [5.41, 5.74) is 0.634. The zero-order chi connectivity index (χ0) is 9.84. The Kier molecular flexibility index (Phi) is 3.25. The quantitative estimate of drug-likeness (QED) is 0.752. The van der Waals surface area contributed by atoms with E-state index < -0.39 is 11.9 Å². The molecule has 1 unspecified atom stereocenters. The van der Waals surface area contributed by atoms with Crippen LogP contribution in [0.5, 0.6) is 0 Å². The molecule has 69 valence electrons. The van der Waals surface area contributed by atoms with E-state index in [-0.39, 0.29) is 5.02 Å². The molecular formula is C9H7ClFO2. The van der Waals surface area contributed by atoms with Crippen LogP contribution in [0.15, 0.2) is 18.2 Å². The van der Waals surface area contributed by atoms with E-state index in [1.54, 1.807) is 6.92 Å². The van der Waals surface area contributed by atoms with Crippen LogP contribution in [0.2, 0.25) is 5.02 Å². The summed E-state index contributed by atoms with van der Waals surface area (Å²) in [6.45, 7) is 2.96. The molecule has 1 aromatic carbocycles. The van der Waals surface area contributed by atoms with Gasteiger partial charge in [0.15, 0.2) is 0 Å². The van der Waals surface area contributed by atoms with Gasteiger partial charge in [-0.05, 0) is 24.6 Å². The molecule has 0 fully saturated rings. The Balaban J connectivity index is 2.89. The summed E-state index contributed by atoms with van der Waals surface area (Å²) in [5, 5.41) is 0.0128. The third-order valence-corrected chi connectivity index (χ3v) is 1.93. The summed E-state index contributed by atoms with van der Waals surface area (Å²) in [4.78, 5) is 9.89. The molecule has 0 bridgehead atoms. The lowest BCUT2D eigenvalue weighted by molar-refractivity contribution is 0.198. The first kappa shape index (κ1) is 9.99. The summed E-state index contributed by atoms with van der Waals surface area (Å²) in [5.74, 6) is -0.493. The second-order valence-electron chi connectivity index (χ2n) is 2.52. The standard InChI is InChI=1S/C9H7ClFO2/c1-6(13-5-12)7-2-3-9(11)8(10)4-7/h2-4,6H,1H3. The molecule has 0 N–H and O–H groups in total. The van der Waals surface area contributed by atoms with E-state index in [2.05, 4.69) is 4.74 Å². The molecule has 0 saturated heterocycles. The highest BCUT2D eigenvalue weighted by Gasteiger charge is 2.08. The average molecular weight is 202 g/mol. The highest BCUT2D eigenvalue weighted by Crippen LogP contribution is 2.22. The molecule has 0 amide bonds. The maximum Gasteiger partial charge on any atom is 0.418 e. The van der Waals surface area contributed by atoms with Crippen molar-refractivity contribution < 1.29 is 13.9 Å². The van der Waals surface area contributed by atoms with Crippen LogP contribution in [0.3, 0.4) is 0 Å². The Labute approximate surface area is 80.3 Å². The predicted octanol–water partition coefficient (Wildman–Crippen LogP) is 2.62. The SMILES string of the molecule is CC(O[C]=O)c1ccc(F)c(Cl)c1. The lowest BCUT2D eigenvalue weighted by Gasteiger charge is -2.08. The average Bonchev–Trinajstić information content (AvgIpc) is 2.10. The summed E-state index contributed by atoms with van der Waals surface area (Å²) in [6.07, 6.45) is -0.462. The van der Waals surface area contributed by atoms with E-state index in [1.807, 2.05) is 0 Å². The van der Waals surface area contributed by atoms with Crippen molar-refractivity contribution in [2.24, 2.45) is 0 Å². The highest BCUT2D eigenvalue weighted by molar-refractivity contribution is 6.30. The Morgan fingerprint density at radius 3 is 2.85 bits per heavy atom. The molecule has 0 aliphatic heterocycles. The zero-order valence-electron chi connectivity index (χ0n) is 6.88. The first-order valence-electron chi connectivity index (χ1n) is 3.63. The van der Waals surface area contributed by atoms with Crippen LogP contribution in [0.4, 0.5) is 4.39 Å². The number of benzene rings is 1. The molecule has 1 radical (unpaired) electrons. The molecule has 0 spiro atoms. The van der Waals surface area contributed by atoms with Crippen LogP contribution in [-0.2, 0) is 9.53 Å². The predicted molar refractivity (Wildman–Crippen MR) is 46.6 cm³/mol. The maximum atomic E-state index is 12.7. The molecule has 2 nitrogen and oxygen atoms in total. The van der Waals surface area contributed by atoms with Gasteiger partial charge in [0, 0.05) is 0 Å². The fraction of sp³-hybridized carbons (Fsp3) is 0.222. The minimum atomic E-state index is -0.493. The molecule has 0 saturated carbocycles. The molecule has 13 heavy (non-hydrogen) atoms. The second kappa shape index (κ2) is 4.23. The van der Waals surface area contributed by atoms with Gasteiger partial charge in [-0.25, -0.2) is 9.18 Å². The monoisotopic (exact) mass is 201 g/mol. The summed E-state index contributed by atoms with van der Waals surface area (Å²) < 4.78 is 17.2. The van der Waals surface area contributed by atoms with Crippen LogP contribution in [0, 0.1) is 5.82 Å². The van der Waals surface area contributed by atoms with Crippen molar-refractivity contribution in [2.75, 3.05) is 0 Å². The molecule has 0 aromatic heterocycles. The first-order chi connectivity index (χ1) is 6.15. The van der Waals surface area contributed by atoms with Crippen LogP contribution in [0.1, 0.15) is 18.6 Å². The molecule has 1 rings (SSSR count). The minimum Gasteiger partial charge on any atom is -0.449 e. The van der Waals surface area contributed by atoms with Gasteiger partial charge in [0.05, 0.1) is 5.02 Å². The first-order valence-corrected chi connectivity index (χ1v) is 4.00. The van der Waals surface area contributed by atoms with Gasteiger partial charge in [-0.1, -0.05) is 17.7 Å². The Bertz CT molecular complexity index is 314. The van der Waals surface area contributed by atoms with Crippen LogP contribution < -0.4 is 0 Å². The zero-order valence-corrected chi connectivity index (χ0v) is 7.64. The minimum absolute atomic E-state index is 0.0128. The molecule has 0 aliphatic carbocycles. The van der Waals surface area contributed by atoms with E-state index in [1.165, 1.54) is 24.7 Å². The molecule has 0 heterocycles. The van der Waals surface area contributed by atoms with Crippen molar-refractivity contribution in [1.29, 1.82) is 0 Å². The van der Waals surface area contributed by atoms with Gasteiger partial charge in [-0.3, -0.25) is 0 Å². The van der Waals surface area contributed by atoms with Crippen molar-refractivity contribution in [3.63, 3.8) is 0 Å². The number of carbonyl (C=O) groups excluding carboxylic acids is 1. The Morgan fingerprint density at radius 1 is 1.62 bits per heavy atom. The number of rotatable bonds is 3. The Morgan fingerprint density at radius 2 is 2.31 bits per heavy atom. The largest absolute Gasteiger partial charge is 0.449 e. The molecular weight excluding hydrogens is 195 g/mol. The number of hydrogen-bond acceptors (Lipinski definition) is 2. The van der Waals surface area contributed by atoms with Crippen molar-refractivity contribution >= 4 is 18.1 Å². The van der Waals surface area contributed by atoms with Gasteiger partial charge >= 0.3 is 6.47 Å². The fourth-order valence-corrected chi connectivity index (χ4v) is 1.09. The van der Waals surface area contributed by atoms with Gasteiger partial charge < -0.3 is 4.74 Å². The third-order valence-electron chi connectivity index (χ3n) is 1.64. The third kappa shape index (κ3) is 2.42. The summed E-state index contributed by atoms with van der Waals surface area (Å²) >= 11 is 5.53.